The molecule has 0 spiro atoms. The van der Waals surface area contributed by atoms with Crippen LogP contribution in [0.2, 0.25) is 0 Å². The number of likely N-dealkylation sites (tertiary alicyclic amines) is 1. The maximum absolute atomic E-state index is 3.95. The highest BCUT2D eigenvalue weighted by Gasteiger charge is 2.17. The number of rotatable bonds is 1. The van der Waals surface area contributed by atoms with Gasteiger partial charge in [0.2, 0.25) is 0 Å². The summed E-state index contributed by atoms with van der Waals surface area (Å²) in [7, 11) is 0. The van der Waals surface area contributed by atoms with Crippen molar-refractivity contribution in [3.63, 3.8) is 0 Å². The average Bonchev–Trinajstić information content (AvgIpc) is 2.64. The van der Waals surface area contributed by atoms with E-state index < -0.39 is 0 Å². The van der Waals surface area contributed by atoms with Gasteiger partial charge in [0.15, 0.2) is 0 Å². The molecule has 1 heterocycles. The Kier molecular flexibility index (Phi) is 11.3. The first-order valence-corrected chi connectivity index (χ1v) is 5.62. The fourth-order valence-electron chi connectivity index (χ4n) is 1.26. The van der Waals surface area contributed by atoms with E-state index in [-0.39, 0.29) is 0 Å². The van der Waals surface area contributed by atoms with Gasteiger partial charge in [-0.15, -0.1) is 5.73 Å². The lowest BCUT2D eigenvalue weighted by Gasteiger charge is -2.14. The van der Waals surface area contributed by atoms with Crippen molar-refractivity contribution in [3.8, 4) is 0 Å². The van der Waals surface area contributed by atoms with Crippen molar-refractivity contribution in [3.05, 3.63) is 30.2 Å². The molecule has 0 aromatic rings. The first-order valence-electron chi connectivity index (χ1n) is 5.62. The van der Waals surface area contributed by atoms with E-state index >= 15 is 0 Å². The van der Waals surface area contributed by atoms with Crippen LogP contribution in [0.3, 0.4) is 0 Å². The van der Waals surface area contributed by atoms with Crippen LogP contribution in [0, 0.1) is 0 Å². The summed E-state index contributed by atoms with van der Waals surface area (Å²) in [5.74, 6) is 0. The Morgan fingerprint density at radius 1 is 1.29 bits per heavy atom. The van der Waals surface area contributed by atoms with Gasteiger partial charge in [0.05, 0.1) is 0 Å². The minimum Gasteiger partial charge on any atom is -0.371 e. The molecule has 0 bridgehead atoms. The zero-order valence-corrected chi connectivity index (χ0v) is 10.5. The van der Waals surface area contributed by atoms with E-state index in [1.807, 2.05) is 27.7 Å². The monoisotopic (exact) mass is 195 g/mol. The molecule has 1 rings (SSSR count). The van der Waals surface area contributed by atoms with Crippen LogP contribution < -0.4 is 0 Å². The highest BCUT2D eigenvalue weighted by Crippen LogP contribution is 2.23. The van der Waals surface area contributed by atoms with Gasteiger partial charge in [0, 0.05) is 24.4 Å². The van der Waals surface area contributed by atoms with Gasteiger partial charge >= 0.3 is 0 Å². The standard InChI is InChI=1S/C9H13N.2C2H6/c1-4-9-6-7-10(5-2)8(9)3;2*1-2/h1,3,5-7H2,2H3;2*1-2H3. The van der Waals surface area contributed by atoms with E-state index in [0.717, 1.165) is 25.2 Å². The fourth-order valence-corrected chi connectivity index (χ4v) is 1.26. The summed E-state index contributed by atoms with van der Waals surface area (Å²) in [6.07, 6.45) is 1.07. The van der Waals surface area contributed by atoms with Crippen molar-refractivity contribution >= 4 is 0 Å². The first-order chi connectivity index (χ1) is 6.79. The molecule has 0 N–H and O–H groups in total. The number of allylic oxidation sites excluding steroid dienone is 1. The highest BCUT2D eigenvalue weighted by atomic mass is 15.1. The van der Waals surface area contributed by atoms with Gasteiger partial charge in [-0.25, -0.2) is 0 Å². The molecule has 1 saturated heterocycles. The van der Waals surface area contributed by atoms with Crippen LogP contribution in [0.4, 0.5) is 0 Å². The summed E-state index contributed by atoms with van der Waals surface area (Å²) < 4.78 is 0. The minimum atomic E-state index is 1.05. The Labute approximate surface area is 89.8 Å². The molecule has 1 aliphatic rings. The third-order valence-electron chi connectivity index (χ3n) is 1.96. The molecule has 1 aliphatic heterocycles. The zero-order chi connectivity index (χ0) is 11.6. The summed E-state index contributed by atoms with van der Waals surface area (Å²) in [6, 6.07) is 0. The summed E-state index contributed by atoms with van der Waals surface area (Å²) in [4.78, 5) is 2.24. The Balaban J connectivity index is 0. The van der Waals surface area contributed by atoms with Gasteiger partial charge in [0.25, 0.3) is 0 Å². The molecule has 0 saturated carbocycles. The zero-order valence-electron chi connectivity index (χ0n) is 10.5. The van der Waals surface area contributed by atoms with Crippen LogP contribution in [0.1, 0.15) is 41.0 Å². The van der Waals surface area contributed by atoms with Crippen LogP contribution in [0.25, 0.3) is 0 Å². The topological polar surface area (TPSA) is 3.24 Å². The third kappa shape index (κ3) is 4.34. The predicted molar refractivity (Wildman–Crippen MR) is 66.4 cm³/mol. The summed E-state index contributed by atoms with van der Waals surface area (Å²) in [6.45, 7) is 19.8. The molecule has 82 valence electrons. The van der Waals surface area contributed by atoms with E-state index in [2.05, 4.69) is 30.7 Å². The Bertz CT molecular complexity index is 197. The lowest BCUT2D eigenvalue weighted by molar-refractivity contribution is 0.418. The molecule has 1 nitrogen and oxygen atoms in total. The average molecular weight is 195 g/mol. The van der Waals surface area contributed by atoms with Crippen molar-refractivity contribution in [1.29, 1.82) is 0 Å². The summed E-state index contributed by atoms with van der Waals surface area (Å²) in [5.41, 5.74) is 5.19. The number of nitrogens with zero attached hydrogens (tertiary/aromatic N) is 1. The predicted octanol–water partition coefficient (Wildman–Crippen LogP) is 3.99. The van der Waals surface area contributed by atoms with Gasteiger partial charge < -0.3 is 4.90 Å². The third-order valence-corrected chi connectivity index (χ3v) is 1.96. The van der Waals surface area contributed by atoms with Crippen LogP contribution >= 0.6 is 0 Å². The molecule has 0 atom stereocenters. The van der Waals surface area contributed by atoms with Crippen molar-refractivity contribution < 1.29 is 0 Å². The largest absolute Gasteiger partial charge is 0.371 e. The molecular weight excluding hydrogens is 170 g/mol. The fraction of sp³-hybridized carbons (Fsp3) is 0.615. The van der Waals surface area contributed by atoms with Gasteiger partial charge in [-0.2, -0.15) is 0 Å². The molecular formula is C13H25N. The molecule has 14 heavy (non-hydrogen) atoms. The normalized spacial score (nSPS) is 13.6. The van der Waals surface area contributed by atoms with Gasteiger partial charge in [0.1, 0.15) is 0 Å². The van der Waals surface area contributed by atoms with E-state index in [0.29, 0.717) is 0 Å². The molecule has 0 unspecified atom stereocenters. The van der Waals surface area contributed by atoms with Crippen molar-refractivity contribution in [2.75, 3.05) is 13.1 Å². The Morgan fingerprint density at radius 2 is 1.79 bits per heavy atom. The molecule has 0 aliphatic carbocycles. The second-order valence-electron chi connectivity index (χ2n) is 2.43. The molecule has 0 aromatic heterocycles. The minimum absolute atomic E-state index is 1.05. The van der Waals surface area contributed by atoms with E-state index in [9.17, 15) is 0 Å². The van der Waals surface area contributed by atoms with Crippen LogP contribution in [-0.4, -0.2) is 18.0 Å². The highest BCUT2D eigenvalue weighted by molar-refractivity contribution is 5.30. The van der Waals surface area contributed by atoms with Gasteiger partial charge in [-0.1, -0.05) is 40.9 Å². The summed E-state index contributed by atoms with van der Waals surface area (Å²) in [5, 5.41) is 0. The quantitative estimate of drug-likeness (QED) is 0.572. The molecule has 0 radical (unpaired) electrons. The SMILES string of the molecule is C=C=C1CCN(CC)C1=C.CC.CC. The van der Waals surface area contributed by atoms with E-state index in [1.165, 1.54) is 5.57 Å². The molecule has 0 amide bonds. The van der Waals surface area contributed by atoms with Crippen molar-refractivity contribution in [1.82, 2.24) is 4.90 Å². The van der Waals surface area contributed by atoms with Crippen molar-refractivity contribution in [2.24, 2.45) is 0 Å². The van der Waals surface area contributed by atoms with Crippen LogP contribution in [0.15, 0.2) is 30.2 Å². The van der Waals surface area contributed by atoms with Gasteiger partial charge in [-0.05, 0) is 13.3 Å². The van der Waals surface area contributed by atoms with Crippen LogP contribution in [-0.2, 0) is 0 Å². The maximum Gasteiger partial charge on any atom is 0.0404 e. The van der Waals surface area contributed by atoms with E-state index in [1.54, 1.807) is 0 Å². The summed E-state index contributed by atoms with van der Waals surface area (Å²) >= 11 is 0. The second kappa shape index (κ2) is 10.1. The lowest BCUT2D eigenvalue weighted by atomic mass is 10.2. The lowest BCUT2D eigenvalue weighted by Crippen LogP contribution is -2.15. The molecule has 1 heteroatoms. The molecule has 1 fully saturated rings. The smallest absolute Gasteiger partial charge is 0.0404 e. The maximum atomic E-state index is 3.95. The Hall–Kier alpha value is -0.940. The van der Waals surface area contributed by atoms with Crippen LogP contribution in [0.5, 0.6) is 0 Å². The van der Waals surface area contributed by atoms with Gasteiger partial charge in [-0.3, -0.25) is 0 Å². The first kappa shape index (κ1) is 15.5. The number of likely N-dealkylation sites (N-methyl/N-ethyl adjacent to an activating group) is 1. The van der Waals surface area contributed by atoms with Crippen molar-refractivity contribution in [2.45, 2.75) is 41.0 Å². The van der Waals surface area contributed by atoms with E-state index in [4.69, 9.17) is 0 Å². The second-order valence-corrected chi connectivity index (χ2v) is 2.43. The Morgan fingerprint density at radius 3 is 2.00 bits per heavy atom. The molecule has 0 aromatic carbocycles. The number of hydrogen-bond acceptors (Lipinski definition) is 1. The number of hydrogen-bond donors (Lipinski definition) is 0.